The van der Waals surface area contributed by atoms with Gasteiger partial charge < -0.3 is 15.2 Å². The average Bonchev–Trinajstić information content (AvgIpc) is 2.45. The number of primary amides is 1. The summed E-state index contributed by atoms with van der Waals surface area (Å²) in [6.07, 6.45) is 2.25. The lowest BCUT2D eigenvalue weighted by Crippen LogP contribution is -2.32. The molecule has 0 atom stereocenters. The lowest BCUT2D eigenvalue weighted by atomic mass is 10.2. The summed E-state index contributed by atoms with van der Waals surface area (Å²) < 4.78 is 10.7. The number of rotatable bonds is 6. The first kappa shape index (κ1) is 15.5. The van der Waals surface area contributed by atoms with Crippen LogP contribution in [0.4, 0.5) is 0 Å². The van der Waals surface area contributed by atoms with Crippen LogP contribution in [0.5, 0.6) is 11.5 Å². The Hall–Kier alpha value is -2.57. The summed E-state index contributed by atoms with van der Waals surface area (Å²) in [4.78, 5) is 21.4. The molecule has 1 rings (SSSR count). The van der Waals surface area contributed by atoms with Crippen molar-refractivity contribution in [1.82, 2.24) is 5.43 Å². The predicted molar refractivity (Wildman–Crippen MR) is 73.7 cm³/mol. The summed E-state index contributed by atoms with van der Waals surface area (Å²) in [6.45, 7) is 2.56. The highest BCUT2D eigenvalue weighted by Crippen LogP contribution is 2.27. The standard InChI is InChI=1S/C13H17N3O4/c1-3-6-20-11-7-9(4-5-10(11)19-2)8-15-16-13(18)12(14)17/h4-5,7-8H,3,6H2,1-2H3,(H2,14,17)(H,16,18)/b15-8-. The molecule has 0 aliphatic heterocycles. The molecule has 7 nitrogen and oxygen atoms in total. The van der Waals surface area contributed by atoms with Gasteiger partial charge in [-0.05, 0) is 30.2 Å². The number of methoxy groups -OCH3 is 1. The Morgan fingerprint density at radius 3 is 2.75 bits per heavy atom. The van der Waals surface area contributed by atoms with Crippen LogP contribution < -0.4 is 20.6 Å². The van der Waals surface area contributed by atoms with Crippen LogP contribution >= 0.6 is 0 Å². The fourth-order valence-corrected chi connectivity index (χ4v) is 1.32. The van der Waals surface area contributed by atoms with Gasteiger partial charge in [-0.3, -0.25) is 9.59 Å². The molecule has 20 heavy (non-hydrogen) atoms. The third-order valence-corrected chi connectivity index (χ3v) is 2.25. The van der Waals surface area contributed by atoms with E-state index in [4.69, 9.17) is 15.2 Å². The Bertz CT molecular complexity index is 514. The van der Waals surface area contributed by atoms with Gasteiger partial charge in [-0.1, -0.05) is 6.92 Å². The molecule has 7 heteroatoms. The smallest absolute Gasteiger partial charge is 0.329 e. The Kier molecular flexibility index (Phi) is 6.02. The Balaban J connectivity index is 2.78. The van der Waals surface area contributed by atoms with Crippen LogP contribution in [0.3, 0.4) is 0 Å². The molecule has 1 aromatic rings. The van der Waals surface area contributed by atoms with E-state index in [1.807, 2.05) is 12.3 Å². The summed E-state index contributed by atoms with van der Waals surface area (Å²) >= 11 is 0. The zero-order valence-electron chi connectivity index (χ0n) is 11.4. The maximum Gasteiger partial charge on any atom is 0.329 e. The minimum atomic E-state index is -1.09. The van der Waals surface area contributed by atoms with Crippen molar-refractivity contribution in [2.45, 2.75) is 13.3 Å². The number of carbonyl (C=O) groups excluding carboxylic acids is 2. The van der Waals surface area contributed by atoms with E-state index in [9.17, 15) is 9.59 Å². The number of nitrogens with one attached hydrogen (secondary N) is 1. The number of hydrogen-bond acceptors (Lipinski definition) is 5. The molecule has 0 radical (unpaired) electrons. The second-order valence-electron chi connectivity index (χ2n) is 3.82. The number of ether oxygens (including phenoxy) is 2. The first-order valence-corrected chi connectivity index (χ1v) is 6.02. The predicted octanol–water partition coefficient (Wildman–Crippen LogP) is 0.419. The van der Waals surface area contributed by atoms with Gasteiger partial charge in [0.05, 0.1) is 19.9 Å². The van der Waals surface area contributed by atoms with Gasteiger partial charge in [-0.15, -0.1) is 0 Å². The van der Waals surface area contributed by atoms with E-state index in [0.29, 0.717) is 23.7 Å². The molecular weight excluding hydrogens is 262 g/mol. The van der Waals surface area contributed by atoms with E-state index in [0.717, 1.165) is 6.42 Å². The molecule has 0 fully saturated rings. The number of nitrogens with two attached hydrogens (primary N) is 1. The largest absolute Gasteiger partial charge is 0.493 e. The van der Waals surface area contributed by atoms with Crippen LogP contribution in [0.1, 0.15) is 18.9 Å². The minimum Gasteiger partial charge on any atom is -0.493 e. The van der Waals surface area contributed by atoms with Gasteiger partial charge in [0.2, 0.25) is 0 Å². The molecule has 0 aliphatic rings. The molecule has 0 heterocycles. The number of hydrogen-bond donors (Lipinski definition) is 2. The minimum absolute atomic E-state index is 0.565. The highest BCUT2D eigenvalue weighted by molar-refractivity contribution is 6.34. The van der Waals surface area contributed by atoms with Crippen molar-refractivity contribution < 1.29 is 19.1 Å². The van der Waals surface area contributed by atoms with Gasteiger partial charge in [0.25, 0.3) is 0 Å². The van der Waals surface area contributed by atoms with Gasteiger partial charge in [-0.2, -0.15) is 5.10 Å². The van der Waals surface area contributed by atoms with Crippen LogP contribution in [0.25, 0.3) is 0 Å². The summed E-state index contributed by atoms with van der Waals surface area (Å²) in [5, 5.41) is 3.62. The molecule has 0 spiro atoms. The highest BCUT2D eigenvalue weighted by Gasteiger charge is 2.06. The van der Waals surface area contributed by atoms with Crippen molar-refractivity contribution >= 4 is 18.0 Å². The van der Waals surface area contributed by atoms with Crippen molar-refractivity contribution in [2.75, 3.05) is 13.7 Å². The quantitative estimate of drug-likeness (QED) is 0.447. The molecule has 108 valence electrons. The van der Waals surface area contributed by atoms with Crippen LogP contribution in [-0.2, 0) is 9.59 Å². The number of nitrogens with zero attached hydrogens (tertiary/aromatic N) is 1. The Morgan fingerprint density at radius 2 is 2.15 bits per heavy atom. The molecule has 1 aromatic carbocycles. The van der Waals surface area contributed by atoms with E-state index in [2.05, 4.69) is 5.10 Å². The lowest BCUT2D eigenvalue weighted by molar-refractivity contribution is -0.137. The molecule has 0 unspecified atom stereocenters. The molecule has 0 bridgehead atoms. The van der Waals surface area contributed by atoms with Crippen molar-refractivity contribution in [3.05, 3.63) is 23.8 Å². The average molecular weight is 279 g/mol. The number of amides is 2. The third kappa shape index (κ3) is 4.60. The fraction of sp³-hybridized carbons (Fsp3) is 0.308. The molecule has 0 saturated heterocycles. The monoisotopic (exact) mass is 279 g/mol. The normalized spacial score (nSPS) is 10.3. The maximum absolute atomic E-state index is 10.9. The van der Waals surface area contributed by atoms with E-state index in [-0.39, 0.29) is 0 Å². The Labute approximate surface area is 116 Å². The summed E-state index contributed by atoms with van der Waals surface area (Å²) in [5.41, 5.74) is 7.46. The maximum atomic E-state index is 10.9. The second-order valence-corrected chi connectivity index (χ2v) is 3.82. The number of hydrazone groups is 1. The van der Waals surface area contributed by atoms with Crippen molar-refractivity contribution in [3.63, 3.8) is 0 Å². The first-order chi connectivity index (χ1) is 9.58. The van der Waals surface area contributed by atoms with E-state index >= 15 is 0 Å². The Morgan fingerprint density at radius 1 is 1.40 bits per heavy atom. The topological polar surface area (TPSA) is 103 Å². The molecule has 3 N–H and O–H groups in total. The molecule has 0 saturated carbocycles. The fourth-order valence-electron chi connectivity index (χ4n) is 1.32. The highest BCUT2D eigenvalue weighted by atomic mass is 16.5. The molecule has 0 aromatic heterocycles. The summed E-state index contributed by atoms with van der Waals surface area (Å²) in [7, 11) is 1.55. The molecule has 2 amide bonds. The van der Waals surface area contributed by atoms with Gasteiger partial charge in [0, 0.05) is 0 Å². The molecular formula is C13H17N3O4. The number of carbonyl (C=O) groups is 2. The second kappa shape index (κ2) is 7.78. The van der Waals surface area contributed by atoms with Crippen LogP contribution in [0.15, 0.2) is 23.3 Å². The zero-order chi connectivity index (χ0) is 15.0. The van der Waals surface area contributed by atoms with Gasteiger partial charge in [-0.25, -0.2) is 5.43 Å². The lowest BCUT2D eigenvalue weighted by Gasteiger charge is -2.10. The summed E-state index contributed by atoms with van der Waals surface area (Å²) in [5.74, 6) is -0.877. The van der Waals surface area contributed by atoms with Crippen molar-refractivity contribution in [1.29, 1.82) is 0 Å². The van der Waals surface area contributed by atoms with E-state index in [1.54, 1.807) is 25.3 Å². The van der Waals surface area contributed by atoms with E-state index in [1.165, 1.54) is 6.21 Å². The van der Waals surface area contributed by atoms with Gasteiger partial charge in [0.15, 0.2) is 11.5 Å². The van der Waals surface area contributed by atoms with Crippen LogP contribution in [-0.4, -0.2) is 31.7 Å². The van der Waals surface area contributed by atoms with Gasteiger partial charge in [0.1, 0.15) is 0 Å². The van der Waals surface area contributed by atoms with Crippen molar-refractivity contribution in [2.24, 2.45) is 10.8 Å². The van der Waals surface area contributed by atoms with Crippen LogP contribution in [0, 0.1) is 0 Å². The van der Waals surface area contributed by atoms with E-state index < -0.39 is 11.8 Å². The summed E-state index contributed by atoms with van der Waals surface area (Å²) in [6, 6.07) is 5.17. The number of benzene rings is 1. The van der Waals surface area contributed by atoms with Gasteiger partial charge >= 0.3 is 11.8 Å². The van der Waals surface area contributed by atoms with Crippen LogP contribution in [0.2, 0.25) is 0 Å². The van der Waals surface area contributed by atoms with Crippen molar-refractivity contribution in [3.8, 4) is 11.5 Å². The molecule has 0 aliphatic carbocycles. The first-order valence-electron chi connectivity index (χ1n) is 6.02. The zero-order valence-corrected chi connectivity index (χ0v) is 11.4. The third-order valence-electron chi connectivity index (χ3n) is 2.25. The SMILES string of the molecule is CCCOc1cc(/C=N\NC(=O)C(N)=O)ccc1OC.